The normalized spacial score (nSPS) is 15.0. The SMILES string of the molecule is CC(=O)Nc1ccc(C)cc1NC(=O)c1cccc(S(=O)(=O)N2CCCCC2)c1. The molecule has 2 aromatic carbocycles. The molecule has 2 aromatic rings. The van der Waals surface area contributed by atoms with E-state index in [-0.39, 0.29) is 16.4 Å². The van der Waals surface area contributed by atoms with Crippen molar-refractivity contribution in [1.82, 2.24) is 4.31 Å². The predicted molar refractivity (Wildman–Crippen MR) is 112 cm³/mol. The molecule has 0 aliphatic carbocycles. The lowest BCUT2D eigenvalue weighted by molar-refractivity contribution is -0.114. The second-order valence-electron chi connectivity index (χ2n) is 7.18. The van der Waals surface area contributed by atoms with E-state index in [2.05, 4.69) is 10.6 Å². The Kier molecular flexibility index (Phi) is 6.34. The molecule has 1 saturated heterocycles. The van der Waals surface area contributed by atoms with Gasteiger partial charge in [-0.1, -0.05) is 18.6 Å². The summed E-state index contributed by atoms with van der Waals surface area (Å²) in [6.45, 7) is 4.27. The first-order valence-corrected chi connectivity index (χ1v) is 11.0. The van der Waals surface area contributed by atoms with E-state index in [1.165, 1.54) is 23.4 Å². The number of rotatable bonds is 5. The Hall–Kier alpha value is -2.71. The Morgan fingerprint density at radius 1 is 0.931 bits per heavy atom. The van der Waals surface area contributed by atoms with Crippen LogP contribution in [0.25, 0.3) is 0 Å². The zero-order chi connectivity index (χ0) is 21.0. The van der Waals surface area contributed by atoms with Crippen molar-refractivity contribution >= 4 is 33.2 Å². The van der Waals surface area contributed by atoms with Crippen molar-refractivity contribution < 1.29 is 18.0 Å². The summed E-state index contributed by atoms with van der Waals surface area (Å²) in [6.07, 6.45) is 2.72. The maximum absolute atomic E-state index is 12.9. The van der Waals surface area contributed by atoms with Crippen molar-refractivity contribution in [3.63, 3.8) is 0 Å². The number of aryl methyl sites for hydroxylation is 1. The highest BCUT2D eigenvalue weighted by Crippen LogP contribution is 2.25. The Morgan fingerprint density at radius 2 is 1.66 bits per heavy atom. The smallest absolute Gasteiger partial charge is 0.255 e. The van der Waals surface area contributed by atoms with E-state index in [1.54, 1.807) is 24.3 Å². The fourth-order valence-electron chi connectivity index (χ4n) is 3.31. The molecule has 1 aliphatic rings. The Bertz CT molecular complexity index is 1030. The fourth-order valence-corrected chi connectivity index (χ4v) is 4.87. The minimum absolute atomic E-state index is 0.110. The van der Waals surface area contributed by atoms with Gasteiger partial charge in [0, 0.05) is 25.6 Å². The molecule has 1 fully saturated rings. The van der Waals surface area contributed by atoms with Gasteiger partial charge in [-0.25, -0.2) is 8.42 Å². The Morgan fingerprint density at radius 3 is 2.34 bits per heavy atom. The van der Waals surface area contributed by atoms with E-state index in [0.29, 0.717) is 24.5 Å². The number of amides is 2. The van der Waals surface area contributed by atoms with Gasteiger partial charge in [-0.3, -0.25) is 9.59 Å². The zero-order valence-corrected chi connectivity index (χ0v) is 17.4. The summed E-state index contributed by atoms with van der Waals surface area (Å²) < 4.78 is 27.2. The van der Waals surface area contributed by atoms with E-state index in [0.717, 1.165) is 24.8 Å². The average molecular weight is 416 g/mol. The van der Waals surface area contributed by atoms with E-state index in [1.807, 2.05) is 13.0 Å². The monoisotopic (exact) mass is 415 g/mol. The van der Waals surface area contributed by atoms with Gasteiger partial charge in [0.15, 0.2) is 0 Å². The van der Waals surface area contributed by atoms with Crippen molar-refractivity contribution in [1.29, 1.82) is 0 Å². The van der Waals surface area contributed by atoms with Gasteiger partial charge in [0.2, 0.25) is 15.9 Å². The van der Waals surface area contributed by atoms with Gasteiger partial charge >= 0.3 is 0 Å². The van der Waals surface area contributed by atoms with Crippen molar-refractivity contribution in [2.75, 3.05) is 23.7 Å². The maximum Gasteiger partial charge on any atom is 0.255 e. The second-order valence-corrected chi connectivity index (χ2v) is 9.11. The highest BCUT2D eigenvalue weighted by atomic mass is 32.2. The number of benzene rings is 2. The van der Waals surface area contributed by atoms with Gasteiger partial charge in [-0.15, -0.1) is 0 Å². The van der Waals surface area contributed by atoms with Gasteiger partial charge in [0.05, 0.1) is 16.3 Å². The highest BCUT2D eigenvalue weighted by molar-refractivity contribution is 7.89. The predicted octanol–water partition coefficient (Wildman–Crippen LogP) is 3.38. The fraction of sp³-hybridized carbons (Fsp3) is 0.333. The van der Waals surface area contributed by atoms with Crippen molar-refractivity contribution in [2.24, 2.45) is 0 Å². The number of hydrogen-bond acceptors (Lipinski definition) is 4. The first-order valence-electron chi connectivity index (χ1n) is 9.57. The van der Waals surface area contributed by atoms with Gasteiger partial charge in [0.1, 0.15) is 0 Å². The number of carbonyl (C=O) groups excluding carboxylic acids is 2. The molecule has 7 nitrogen and oxygen atoms in total. The topological polar surface area (TPSA) is 95.6 Å². The molecular weight excluding hydrogens is 390 g/mol. The number of nitrogens with zero attached hydrogens (tertiary/aromatic N) is 1. The standard InChI is InChI=1S/C21H25N3O4S/c1-15-9-10-19(22-16(2)25)20(13-15)23-21(26)17-7-6-8-18(14-17)29(27,28)24-11-4-3-5-12-24/h6-10,13-14H,3-5,11-12H2,1-2H3,(H,22,25)(H,23,26). The summed E-state index contributed by atoms with van der Waals surface area (Å²) in [5.41, 5.74) is 2.08. The third-order valence-corrected chi connectivity index (χ3v) is 6.68. The molecule has 0 bridgehead atoms. The minimum Gasteiger partial charge on any atom is -0.325 e. The van der Waals surface area contributed by atoms with Gasteiger partial charge in [-0.2, -0.15) is 4.31 Å². The Labute approximate surface area is 171 Å². The van der Waals surface area contributed by atoms with Crippen LogP contribution in [-0.2, 0) is 14.8 Å². The molecule has 0 aromatic heterocycles. The summed E-state index contributed by atoms with van der Waals surface area (Å²) >= 11 is 0. The molecule has 154 valence electrons. The van der Waals surface area contributed by atoms with Gasteiger partial charge < -0.3 is 10.6 Å². The average Bonchev–Trinajstić information content (AvgIpc) is 2.70. The lowest BCUT2D eigenvalue weighted by Gasteiger charge is -2.26. The lowest BCUT2D eigenvalue weighted by atomic mass is 10.1. The molecule has 2 N–H and O–H groups in total. The number of piperidine rings is 1. The number of sulfonamides is 1. The summed E-state index contributed by atoms with van der Waals surface area (Å²) in [5.74, 6) is -0.697. The minimum atomic E-state index is -3.63. The first-order chi connectivity index (χ1) is 13.8. The highest BCUT2D eigenvalue weighted by Gasteiger charge is 2.26. The summed E-state index contributed by atoms with van der Waals surface area (Å²) in [6, 6.07) is 11.3. The van der Waals surface area contributed by atoms with Crippen LogP contribution in [0.5, 0.6) is 0 Å². The zero-order valence-electron chi connectivity index (χ0n) is 16.6. The van der Waals surface area contributed by atoms with E-state index < -0.39 is 15.9 Å². The molecule has 2 amide bonds. The first kappa shape index (κ1) is 21.0. The molecule has 0 radical (unpaired) electrons. The number of carbonyl (C=O) groups is 2. The van der Waals surface area contributed by atoms with Gasteiger partial charge in [0.25, 0.3) is 5.91 Å². The van der Waals surface area contributed by atoms with Crippen LogP contribution >= 0.6 is 0 Å². The summed E-state index contributed by atoms with van der Waals surface area (Å²) in [4.78, 5) is 24.3. The van der Waals surface area contributed by atoms with E-state index in [9.17, 15) is 18.0 Å². The molecule has 8 heteroatoms. The second kappa shape index (κ2) is 8.75. The van der Waals surface area contributed by atoms with Crippen LogP contribution in [0, 0.1) is 6.92 Å². The van der Waals surface area contributed by atoms with Crippen LogP contribution in [0.3, 0.4) is 0 Å². The molecule has 29 heavy (non-hydrogen) atoms. The van der Waals surface area contributed by atoms with Crippen LogP contribution in [0.1, 0.15) is 42.1 Å². The van der Waals surface area contributed by atoms with Crippen molar-refractivity contribution in [3.05, 3.63) is 53.6 Å². The van der Waals surface area contributed by atoms with Crippen LogP contribution in [0.4, 0.5) is 11.4 Å². The quantitative estimate of drug-likeness (QED) is 0.783. The van der Waals surface area contributed by atoms with Crippen LogP contribution in [0.15, 0.2) is 47.4 Å². The molecule has 0 spiro atoms. The Balaban J connectivity index is 1.85. The van der Waals surface area contributed by atoms with E-state index >= 15 is 0 Å². The third kappa shape index (κ3) is 5.02. The van der Waals surface area contributed by atoms with Crippen LogP contribution < -0.4 is 10.6 Å². The molecule has 1 heterocycles. The van der Waals surface area contributed by atoms with Crippen LogP contribution in [0.2, 0.25) is 0 Å². The number of anilines is 2. The molecule has 3 rings (SSSR count). The largest absolute Gasteiger partial charge is 0.325 e. The number of hydrogen-bond donors (Lipinski definition) is 2. The number of nitrogens with one attached hydrogen (secondary N) is 2. The molecule has 0 saturated carbocycles. The van der Waals surface area contributed by atoms with Gasteiger partial charge in [-0.05, 0) is 55.7 Å². The molecule has 0 atom stereocenters. The molecule has 1 aliphatic heterocycles. The summed E-state index contributed by atoms with van der Waals surface area (Å²) in [5, 5.41) is 5.45. The lowest BCUT2D eigenvalue weighted by Crippen LogP contribution is -2.35. The van der Waals surface area contributed by atoms with Crippen molar-refractivity contribution in [3.8, 4) is 0 Å². The maximum atomic E-state index is 12.9. The molecular formula is C21H25N3O4S. The van der Waals surface area contributed by atoms with Crippen LogP contribution in [-0.4, -0.2) is 37.6 Å². The third-order valence-electron chi connectivity index (χ3n) is 4.78. The van der Waals surface area contributed by atoms with Crippen molar-refractivity contribution in [2.45, 2.75) is 38.0 Å². The van der Waals surface area contributed by atoms with E-state index in [4.69, 9.17) is 0 Å². The molecule has 0 unspecified atom stereocenters. The summed E-state index contributed by atoms with van der Waals surface area (Å²) in [7, 11) is -3.63.